The smallest absolute Gasteiger partial charge is 0.0655 e. The van der Waals surface area contributed by atoms with Gasteiger partial charge in [0.05, 0.1) is 12.6 Å². The van der Waals surface area contributed by atoms with Gasteiger partial charge in [0.25, 0.3) is 0 Å². The first-order chi connectivity index (χ1) is 6.16. The minimum absolute atomic E-state index is 0.0562. The lowest BCUT2D eigenvalue weighted by Gasteiger charge is -2.13. The van der Waals surface area contributed by atoms with Crippen molar-refractivity contribution in [2.24, 2.45) is 5.73 Å². The van der Waals surface area contributed by atoms with Crippen LogP contribution >= 0.6 is 15.9 Å². The molecule has 1 atom stereocenters. The van der Waals surface area contributed by atoms with Crippen molar-refractivity contribution in [3.8, 4) is 0 Å². The van der Waals surface area contributed by atoms with Crippen molar-refractivity contribution in [2.75, 3.05) is 13.7 Å². The molecule has 1 rings (SSSR count). The molecule has 0 aliphatic rings. The molecule has 1 unspecified atom stereocenters. The molecule has 0 radical (unpaired) electrons. The highest BCUT2D eigenvalue weighted by Gasteiger charge is 2.09. The summed E-state index contributed by atoms with van der Waals surface area (Å²) in [5.41, 5.74) is 8.22. The summed E-state index contributed by atoms with van der Waals surface area (Å²) in [6, 6.07) is 6.01. The molecule has 0 fully saturated rings. The molecule has 2 N–H and O–H groups in total. The first-order valence-corrected chi connectivity index (χ1v) is 4.95. The predicted molar refractivity (Wildman–Crippen MR) is 57.7 cm³/mol. The molecule has 1 aromatic carbocycles. The zero-order valence-corrected chi connectivity index (χ0v) is 9.47. The number of aryl methyl sites for hydroxylation is 1. The largest absolute Gasteiger partial charge is 0.383 e. The molecular formula is C10H14BrNO. The maximum absolute atomic E-state index is 5.92. The van der Waals surface area contributed by atoms with Gasteiger partial charge in [-0.05, 0) is 18.1 Å². The predicted octanol–water partition coefficient (Wildman–Crippen LogP) is 2.40. The van der Waals surface area contributed by atoms with Crippen LogP contribution in [0.15, 0.2) is 22.7 Å². The minimum atomic E-state index is -0.0562. The summed E-state index contributed by atoms with van der Waals surface area (Å²) in [6.45, 7) is 2.59. The van der Waals surface area contributed by atoms with Crippen LogP contribution in [0.1, 0.15) is 17.2 Å². The van der Waals surface area contributed by atoms with Gasteiger partial charge in [0.2, 0.25) is 0 Å². The van der Waals surface area contributed by atoms with E-state index in [2.05, 4.69) is 15.9 Å². The molecule has 0 saturated heterocycles. The van der Waals surface area contributed by atoms with E-state index in [4.69, 9.17) is 10.5 Å². The Morgan fingerprint density at radius 3 is 2.85 bits per heavy atom. The van der Waals surface area contributed by atoms with Crippen molar-refractivity contribution >= 4 is 15.9 Å². The van der Waals surface area contributed by atoms with Crippen LogP contribution in [0.4, 0.5) is 0 Å². The Morgan fingerprint density at radius 1 is 1.54 bits per heavy atom. The topological polar surface area (TPSA) is 35.2 Å². The zero-order valence-electron chi connectivity index (χ0n) is 7.88. The number of rotatable bonds is 3. The molecule has 0 heterocycles. The van der Waals surface area contributed by atoms with Gasteiger partial charge in [-0.1, -0.05) is 34.1 Å². The molecule has 13 heavy (non-hydrogen) atoms. The van der Waals surface area contributed by atoms with E-state index < -0.39 is 0 Å². The fraction of sp³-hybridized carbons (Fsp3) is 0.400. The van der Waals surface area contributed by atoms with Gasteiger partial charge in [0, 0.05) is 11.6 Å². The third-order valence-corrected chi connectivity index (χ3v) is 3.05. The molecule has 0 saturated carbocycles. The van der Waals surface area contributed by atoms with Crippen LogP contribution in [0, 0.1) is 6.92 Å². The van der Waals surface area contributed by atoms with Gasteiger partial charge in [-0.15, -0.1) is 0 Å². The number of ether oxygens (including phenoxy) is 1. The fourth-order valence-corrected chi connectivity index (χ4v) is 1.78. The zero-order chi connectivity index (χ0) is 9.84. The van der Waals surface area contributed by atoms with Gasteiger partial charge < -0.3 is 10.5 Å². The second-order valence-electron chi connectivity index (χ2n) is 3.04. The van der Waals surface area contributed by atoms with Gasteiger partial charge in [-0.3, -0.25) is 0 Å². The van der Waals surface area contributed by atoms with Crippen molar-refractivity contribution in [3.63, 3.8) is 0 Å². The fourth-order valence-electron chi connectivity index (χ4n) is 1.23. The normalized spacial score (nSPS) is 12.9. The first-order valence-electron chi connectivity index (χ1n) is 4.16. The summed E-state index contributed by atoms with van der Waals surface area (Å²) >= 11 is 3.52. The lowest BCUT2D eigenvalue weighted by Crippen LogP contribution is -2.16. The van der Waals surface area contributed by atoms with E-state index in [1.807, 2.05) is 25.1 Å². The molecule has 0 amide bonds. The molecule has 0 bridgehead atoms. The maximum atomic E-state index is 5.92. The summed E-state index contributed by atoms with van der Waals surface area (Å²) < 4.78 is 6.09. The Morgan fingerprint density at radius 2 is 2.23 bits per heavy atom. The minimum Gasteiger partial charge on any atom is -0.383 e. The summed E-state index contributed by atoms with van der Waals surface area (Å²) in [4.78, 5) is 0. The van der Waals surface area contributed by atoms with Gasteiger partial charge in [0.15, 0.2) is 0 Å². The average Bonchev–Trinajstić information content (AvgIpc) is 2.10. The Hall–Kier alpha value is -0.380. The van der Waals surface area contributed by atoms with Crippen LogP contribution in [0.25, 0.3) is 0 Å². The Bertz CT molecular complexity index is 288. The average molecular weight is 244 g/mol. The maximum Gasteiger partial charge on any atom is 0.0655 e. The van der Waals surface area contributed by atoms with E-state index in [0.29, 0.717) is 6.61 Å². The quantitative estimate of drug-likeness (QED) is 0.886. The Labute approximate surface area is 87.2 Å². The summed E-state index contributed by atoms with van der Waals surface area (Å²) in [5, 5.41) is 0. The highest BCUT2D eigenvalue weighted by atomic mass is 79.9. The first kappa shape index (κ1) is 10.7. The molecule has 3 heteroatoms. The van der Waals surface area contributed by atoms with Crippen molar-refractivity contribution < 1.29 is 4.74 Å². The lowest BCUT2D eigenvalue weighted by molar-refractivity contribution is 0.180. The molecule has 72 valence electrons. The second kappa shape index (κ2) is 4.74. The van der Waals surface area contributed by atoms with Crippen molar-refractivity contribution in [1.82, 2.24) is 0 Å². The van der Waals surface area contributed by atoms with Gasteiger partial charge >= 0.3 is 0 Å². The van der Waals surface area contributed by atoms with E-state index in [0.717, 1.165) is 10.0 Å². The van der Waals surface area contributed by atoms with Crippen LogP contribution in [0.3, 0.4) is 0 Å². The summed E-state index contributed by atoms with van der Waals surface area (Å²) in [5.74, 6) is 0. The Balaban J connectivity index is 2.93. The number of methoxy groups -OCH3 is 1. The van der Waals surface area contributed by atoms with E-state index in [1.165, 1.54) is 5.56 Å². The number of hydrogen-bond donors (Lipinski definition) is 1. The SMILES string of the molecule is COCC(N)c1cccc(C)c1Br. The van der Waals surface area contributed by atoms with Gasteiger partial charge in [-0.2, -0.15) is 0 Å². The highest BCUT2D eigenvalue weighted by molar-refractivity contribution is 9.10. The molecular weight excluding hydrogens is 230 g/mol. The van der Waals surface area contributed by atoms with Gasteiger partial charge in [-0.25, -0.2) is 0 Å². The monoisotopic (exact) mass is 243 g/mol. The number of halogens is 1. The lowest BCUT2D eigenvalue weighted by atomic mass is 10.1. The van der Waals surface area contributed by atoms with Crippen LogP contribution in [-0.2, 0) is 4.74 Å². The summed E-state index contributed by atoms with van der Waals surface area (Å²) in [6.07, 6.45) is 0. The summed E-state index contributed by atoms with van der Waals surface area (Å²) in [7, 11) is 1.66. The highest BCUT2D eigenvalue weighted by Crippen LogP contribution is 2.25. The molecule has 0 aliphatic carbocycles. The van der Waals surface area contributed by atoms with E-state index in [9.17, 15) is 0 Å². The molecule has 0 spiro atoms. The van der Waals surface area contributed by atoms with Crippen molar-refractivity contribution in [2.45, 2.75) is 13.0 Å². The van der Waals surface area contributed by atoms with Gasteiger partial charge in [0.1, 0.15) is 0 Å². The molecule has 2 nitrogen and oxygen atoms in total. The van der Waals surface area contributed by atoms with Crippen molar-refractivity contribution in [1.29, 1.82) is 0 Å². The van der Waals surface area contributed by atoms with Crippen LogP contribution < -0.4 is 5.73 Å². The van der Waals surface area contributed by atoms with Crippen LogP contribution in [0.5, 0.6) is 0 Å². The van der Waals surface area contributed by atoms with E-state index in [-0.39, 0.29) is 6.04 Å². The number of hydrogen-bond acceptors (Lipinski definition) is 2. The second-order valence-corrected chi connectivity index (χ2v) is 3.83. The molecule has 1 aromatic rings. The van der Waals surface area contributed by atoms with Crippen molar-refractivity contribution in [3.05, 3.63) is 33.8 Å². The van der Waals surface area contributed by atoms with E-state index in [1.54, 1.807) is 7.11 Å². The van der Waals surface area contributed by atoms with Crippen LogP contribution in [-0.4, -0.2) is 13.7 Å². The van der Waals surface area contributed by atoms with E-state index >= 15 is 0 Å². The number of benzene rings is 1. The number of nitrogens with two attached hydrogens (primary N) is 1. The molecule has 0 aliphatic heterocycles. The molecule has 0 aromatic heterocycles. The Kier molecular flexibility index (Phi) is 3.90. The van der Waals surface area contributed by atoms with Crippen LogP contribution in [0.2, 0.25) is 0 Å². The third kappa shape index (κ3) is 2.53. The third-order valence-electron chi connectivity index (χ3n) is 1.97. The standard InChI is InChI=1S/C10H14BrNO/c1-7-4-3-5-8(10(7)11)9(12)6-13-2/h3-5,9H,6,12H2,1-2H3.